The van der Waals surface area contributed by atoms with Gasteiger partial charge in [0.15, 0.2) is 0 Å². The van der Waals surface area contributed by atoms with Gasteiger partial charge >= 0.3 is 0 Å². The third-order valence-electron chi connectivity index (χ3n) is 4.58. The summed E-state index contributed by atoms with van der Waals surface area (Å²) < 4.78 is 0. The van der Waals surface area contributed by atoms with Crippen LogP contribution in [-0.4, -0.2) is 52.0 Å². The monoisotopic (exact) mass is 386 g/mol. The van der Waals surface area contributed by atoms with Gasteiger partial charge in [-0.25, -0.2) is 19.9 Å². The van der Waals surface area contributed by atoms with Crippen molar-refractivity contribution in [1.29, 1.82) is 5.26 Å². The first-order valence-corrected chi connectivity index (χ1v) is 9.13. The third-order valence-corrected chi connectivity index (χ3v) is 4.58. The summed E-state index contributed by atoms with van der Waals surface area (Å²) in [6.45, 7) is 3.10. The zero-order chi connectivity index (χ0) is 20.1. The van der Waals surface area contributed by atoms with E-state index >= 15 is 0 Å². The number of piperazine rings is 1. The van der Waals surface area contributed by atoms with E-state index in [9.17, 15) is 4.79 Å². The molecule has 9 heteroatoms. The molecule has 1 saturated heterocycles. The second-order valence-electron chi connectivity index (χ2n) is 6.43. The van der Waals surface area contributed by atoms with Gasteiger partial charge in [0.05, 0.1) is 24.0 Å². The Kier molecular flexibility index (Phi) is 5.25. The van der Waals surface area contributed by atoms with Crippen LogP contribution in [0.3, 0.4) is 0 Å². The van der Waals surface area contributed by atoms with E-state index in [4.69, 9.17) is 5.26 Å². The van der Waals surface area contributed by atoms with Gasteiger partial charge in [0.2, 0.25) is 5.95 Å². The predicted octanol–water partition coefficient (Wildman–Crippen LogP) is 1.72. The van der Waals surface area contributed by atoms with E-state index in [1.807, 2.05) is 6.07 Å². The summed E-state index contributed by atoms with van der Waals surface area (Å²) in [4.78, 5) is 33.8. The van der Waals surface area contributed by atoms with Gasteiger partial charge in [0.25, 0.3) is 5.91 Å². The van der Waals surface area contributed by atoms with Gasteiger partial charge in [-0.2, -0.15) is 5.26 Å². The first kappa shape index (κ1) is 18.3. The maximum absolute atomic E-state index is 12.3. The van der Waals surface area contributed by atoms with Crippen molar-refractivity contribution >= 4 is 23.4 Å². The molecule has 0 aliphatic carbocycles. The lowest BCUT2D eigenvalue weighted by molar-refractivity contribution is 0.102. The molecule has 0 radical (unpaired) electrons. The van der Waals surface area contributed by atoms with Gasteiger partial charge in [-0.1, -0.05) is 0 Å². The quantitative estimate of drug-likeness (QED) is 0.721. The molecule has 1 amide bonds. The molecule has 3 aromatic rings. The molecule has 4 rings (SSSR count). The summed E-state index contributed by atoms with van der Waals surface area (Å²) in [7, 11) is 0. The fraction of sp³-hybridized carbons (Fsp3) is 0.200. The van der Waals surface area contributed by atoms with E-state index < -0.39 is 0 Å². The number of nitrogens with zero attached hydrogens (tertiary/aromatic N) is 7. The number of carbonyl (C=O) groups is 1. The number of aromatic nitrogens is 4. The van der Waals surface area contributed by atoms with Gasteiger partial charge in [-0.05, 0) is 30.3 Å². The molecule has 1 fully saturated rings. The molecule has 0 spiro atoms. The van der Waals surface area contributed by atoms with Crippen molar-refractivity contribution in [3.8, 4) is 6.07 Å². The first-order chi connectivity index (χ1) is 14.2. The van der Waals surface area contributed by atoms with E-state index in [0.717, 1.165) is 37.9 Å². The Labute approximate surface area is 167 Å². The van der Waals surface area contributed by atoms with Crippen LogP contribution < -0.4 is 15.1 Å². The fourth-order valence-electron chi connectivity index (χ4n) is 3.02. The number of hydrogen-bond acceptors (Lipinski definition) is 8. The van der Waals surface area contributed by atoms with Crippen molar-refractivity contribution in [2.45, 2.75) is 0 Å². The Morgan fingerprint density at radius 2 is 1.62 bits per heavy atom. The molecular formula is C20H18N8O. The van der Waals surface area contributed by atoms with Crippen LogP contribution in [0, 0.1) is 11.3 Å². The zero-order valence-corrected chi connectivity index (χ0v) is 15.6. The Hall–Kier alpha value is -4.06. The van der Waals surface area contributed by atoms with Crippen molar-refractivity contribution in [2.75, 3.05) is 41.3 Å². The topological polar surface area (TPSA) is 111 Å². The lowest BCUT2D eigenvalue weighted by Gasteiger charge is -2.35. The van der Waals surface area contributed by atoms with Crippen LogP contribution in [0.4, 0.5) is 17.5 Å². The van der Waals surface area contributed by atoms with Gasteiger partial charge < -0.3 is 15.1 Å². The third kappa shape index (κ3) is 4.27. The fourth-order valence-corrected chi connectivity index (χ4v) is 3.02. The minimum Gasteiger partial charge on any atom is -0.352 e. The van der Waals surface area contributed by atoms with Gasteiger partial charge in [-0.15, -0.1) is 0 Å². The molecule has 9 nitrogen and oxygen atoms in total. The summed E-state index contributed by atoms with van der Waals surface area (Å²) in [6.07, 6.45) is 6.56. The largest absolute Gasteiger partial charge is 0.352 e. The van der Waals surface area contributed by atoms with Gasteiger partial charge in [-0.3, -0.25) is 4.79 Å². The Bertz CT molecular complexity index is 1010. The smallest absolute Gasteiger partial charge is 0.275 e. The molecule has 1 aliphatic heterocycles. The van der Waals surface area contributed by atoms with Crippen molar-refractivity contribution in [2.24, 2.45) is 0 Å². The minimum absolute atomic E-state index is 0.231. The summed E-state index contributed by atoms with van der Waals surface area (Å²) >= 11 is 0. The van der Waals surface area contributed by atoms with E-state index in [-0.39, 0.29) is 11.6 Å². The highest BCUT2D eigenvalue weighted by Gasteiger charge is 2.20. The van der Waals surface area contributed by atoms with E-state index in [2.05, 4.69) is 35.1 Å². The molecule has 1 aromatic carbocycles. The number of rotatable bonds is 4. The van der Waals surface area contributed by atoms with Gasteiger partial charge in [0, 0.05) is 44.3 Å². The van der Waals surface area contributed by atoms with Crippen LogP contribution >= 0.6 is 0 Å². The van der Waals surface area contributed by atoms with Gasteiger partial charge in [0.1, 0.15) is 11.5 Å². The van der Waals surface area contributed by atoms with E-state index in [1.54, 1.807) is 48.9 Å². The number of anilines is 3. The molecule has 0 unspecified atom stereocenters. The van der Waals surface area contributed by atoms with Crippen LogP contribution in [0.5, 0.6) is 0 Å². The normalized spacial score (nSPS) is 13.6. The highest BCUT2D eigenvalue weighted by atomic mass is 16.1. The molecule has 2 aromatic heterocycles. The van der Waals surface area contributed by atoms with Crippen LogP contribution in [0.15, 0.2) is 55.1 Å². The second-order valence-corrected chi connectivity index (χ2v) is 6.43. The standard InChI is InChI=1S/C20H18N8O/c21-12-15-2-4-16(5-3-15)26-19(29)17-13-25-18(14-24-17)27-8-10-28(11-9-27)20-22-6-1-7-23-20/h1-7,13-14H,8-11H2,(H,26,29). The minimum atomic E-state index is -0.347. The number of nitriles is 1. The van der Waals surface area contributed by atoms with Crippen molar-refractivity contribution in [3.05, 3.63) is 66.4 Å². The molecule has 1 aliphatic rings. The molecule has 0 atom stereocenters. The zero-order valence-electron chi connectivity index (χ0n) is 15.6. The van der Waals surface area contributed by atoms with Crippen molar-refractivity contribution in [1.82, 2.24) is 19.9 Å². The molecule has 3 heterocycles. The maximum Gasteiger partial charge on any atom is 0.275 e. The molecule has 1 N–H and O–H groups in total. The molecule has 0 saturated carbocycles. The molecular weight excluding hydrogens is 368 g/mol. The highest BCUT2D eigenvalue weighted by molar-refractivity contribution is 6.02. The second kappa shape index (κ2) is 8.31. The summed E-state index contributed by atoms with van der Waals surface area (Å²) in [6, 6.07) is 10.5. The highest BCUT2D eigenvalue weighted by Crippen LogP contribution is 2.16. The van der Waals surface area contributed by atoms with Crippen molar-refractivity contribution in [3.63, 3.8) is 0 Å². The summed E-state index contributed by atoms with van der Waals surface area (Å²) in [5.74, 6) is 1.11. The number of hydrogen-bond donors (Lipinski definition) is 1. The van der Waals surface area contributed by atoms with E-state index in [1.165, 1.54) is 6.20 Å². The van der Waals surface area contributed by atoms with Crippen molar-refractivity contribution < 1.29 is 4.79 Å². The molecule has 29 heavy (non-hydrogen) atoms. The molecule has 0 bridgehead atoms. The summed E-state index contributed by atoms with van der Waals surface area (Å²) in [5.41, 5.74) is 1.36. The lowest BCUT2D eigenvalue weighted by Crippen LogP contribution is -2.47. The average Bonchev–Trinajstić information content (AvgIpc) is 2.80. The number of carbonyl (C=O) groups excluding carboxylic acids is 1. The van der Waals surface area contributed by atoms with Crippen LogP contribution in [0.2, 0.25) is 0 Å². The Morgan fingerprint density at radius 1 is 0.931 bits per heavy atom. The average molecular weight is 386 g/mol. The predicted molar refractivity (Wildman–Crippen MR) is 108 cm³/mol. The lowest BCUT2D eigenvalue weighted by atomic mass is 10.2. The Morgan fingerprint density at radius 3 is 2.24 bits per heavy atom. The van der Waals surface area contributed by atoms with Crippen LogP contribution in [0.1, 0.15) is 16.1 Å². The van der Waals surface area contributed by atoms with Crippen LogP contribution in [-0.2, 0) is 0 Å². The number of amides is 1. The number of nitrogens with one attached hydrogen (secondary N) is 1. The number of benzene rings is 1. The maximum atomic E-state index is 12.3. The SMILES string of the molecule is N#Cc1ccc(NC(=O)c2cnc(N3CCN(c4ncccn4)CC3)cn2)cc1. The van der Waals surface area contributed by atoms with E-state index in [0.29, 0.717) is 11.3 Å². The first-order valence-electron chi connectivity index (χ1n) is 9.13. The Balaban J connectivity index is 1.35. The molecule has 144 valence electrons. The summed E-state index contributed by atoms with van der Waals surface area (Å²) in [5, 5.41) is 11.6. The van der Waals surface area contributed by atoms with Crippen LogP contribution in [0.25, 0.3) is 0 Å².